The fourth-order valence-corrected chi connectivity index (χ4v) is 5.65. The summed E-state index contributed by atoms with van der Waals surface area (Å²) in [6.45, 7) is 2.88. The molecular weight excluding hydrogens is 712 g/mol. The van der Waals surface area contributed by atoms with Crippen LogP contribution in [0.2, 0.25) is 0 Å². The van der Waals surface area contributed by atoms with Crippen molar-refractivity contribution in [1.82, 2.24) is 0 Å². The first-order valence-electron chi connectivity index (χ1n) is 19.0. The van der Waals surface area contributed by atoms with E-state index >= 15 is 0 Å². The predicted octanol–water partition coefficient (Wildman–Crippen LogP) is 10.6. The van der Waals surface area contributed by atoms with Crippen LogP contribution in [0.15, 0.2) is 121 Å². The summed E-state index contributed by atoms with van der Waals surface area (Å²) in [5.74, 6) is -1.03. The van der Waals surface area contributed by atoms with Gasteiger partial charge in [-0.1, -0.05) is 70.8 Å². The molecule has 5 rings (SSSR count). The molecule has 0 radical (unpaired) electrons. The van der Waals surface area contributed by atoms with Crippen molar-refractivity contribution in [2.24, 2.45) is 0 Å². The molecule has 1 N–H and O–H groups in total. The van der Waals surface area contributed by atoms with Crippen LogP contribution < -0.4 is 23.7 Å². The Labute approximate surface area is 327 Å². The summed E-state index contributed by atoms with van der Waals surface area (Å²) < 4.78 is 27.6. The summed E-state index contributed by atoms with van der Waals surface area (Å²) >= 11 is 0. The molecule has 10 heteroatoms. The van der Waals surface area contributed by atoms with Crippen molar-refractivity contribution >= 4 is 23.9 Å². The van der Waals surface area contributed by atoms with Gasteiger partial charge >= 0.3 is 23.9 Å². The number of phenolic OH excluding ortho intramolecular Hbond substituents is 1. The molecule has 0 spiro atoms. The Bertz CT molecular complexity index is 2020. The molecule has 0 unspecified atom stereocenters. The molecule has 0 aliphatic carbocycles. The minimum atomic E-state index is -0.682. The smallest absolute Gasteiger partial charge is 0.343 e. The second-order valence-corrected chi connectivity index (χ2v) is 13.2. The highest BCUT2D eigenvalue weighted by Gasteiger charge is 2.15. The Hall–Kier alpha value is -6.42. The second-order valence-electron chi connectivity index (χ2n) is 13.2. The zero-order valence-electron chi connectivity index (χ0n) is 31.4. The van der Waals surface area contributed by atoms with Gasteiger partial charge in [-0.05, 0) is 116 Å². The van der Waals surface area contributed by atoms with Crippen molar-refractivity contribution in [2.45, 2.75) is 71.1 Å². The van der Waals surface area contributed by atoms with E-state index in [0.29, 0.717) is 17.9 Å². The number of hydrogen-bond donors (Lipinski definition) is 1. The Balaban J connectivity index is 1.02. The molecule has 290 valence electrons. The number of aromatic hydroxyl groups is 1. The van der Waals surface area contributed by atoms with Gasteiger partial charge in [-0.3, -0.25) is 0 Å². The monoisotopic (exact) mass is 758 g/mol. The van der Waals surface area contributed by atoms with E-state index in [-0.39, 0.29) is 45.4 Å². The third-order valence-corrected chi connectivity index (χ3v) is 8.79. The lowest BCUT2D eigenvalue weighted by Gasteiger charge is -2.09. The lowest BCUT2D eigenvalue weighted by Crippen LogP contribution is -2.11. The lowest BCUT2D eigenvalue weighted by atomic mass is 10.1. The van der Waals surface area contributed by atoms with Crippen LogP contribution in [0, 0.1) is 0 Å². The van der Waals surface area contributed by atoms with Crippen LogP contribution >= 0.6 is 0 Å². The first-order valence-corrected chi connectivity index (χ1v) is 19.0. The zero-order chi connectivity index (χ0) is 39.5. The summed E-state index contributed by atoms with van der Waals surface area (Å²) in [6.07, 6.45) is 12.6. The Morgan fingerprint density at radius 2 is 0.750 bits per heavy atom. The molecular formula is C46H46O10. The van der Waals surface area contributed by atoms with Crippen LogP contribution in [0.4, 0.5) is 0 Å². The minimum absolute atomic E-state index is 0.0198. The lowest BCUT2D eigenvalue weighted by molar-refractivity contribution is 0.0718. The van der Waals surface area contributed by atoms with Crippen LogP contribution in [0.25, 0.3) is 0 Å². The molecule has 5 aromatic rings. The molecule has 0 amide bonds. The standard InChI is InChI=1S/C46H46O10/c1-2-3-4-5-6-7-8-9-10-11-31-52-38-25-17-34(18-26-38)43(48)53-39-27-19-35(20-28-39)44(49)54-40-29-21-36(22-30-40)46(51)56-42-14-12-13-41(32-42)55-45(50)33-15-23-37(47)24-16-33/h12-30,32,47H,2-11,31H2,1H3. The number of carbonyl (C=O) groups excluding carboxylic acids is 4. The molecule has 56 heavy (non-hydrogen) atoms. The van der Waals surface area contributed by atoms with Gasteiger partial charge in [0, 0.05) is 6.07 Å². The number of rotatable bonds is 20. The van der Waals surface area contributed by atoms with Crippen LogP contribution in [-0.2, 0) is 0 Å². The molecule has 0 bridgehead atoms. The first-order chi connectivity index (χ1) is 27.3. The highest BCUT2D eigenvalue weighted by atomic mass is 16.6. The minimum Gasteiger partial charge on any atom is -0.508 e. The van der Waals surface area contributed by atoms with Gasteiger partial charge in [0.05, 0.1) is 28.9 Å². The van der Waals surface area contributed by atoms with E-state index in [0.717, 1.165) is 12.8 Å². The number of esters is 4. The summed E-state index contributed by atoms with van der Waals surface area (Å²) in [5, 5.41) is 9.41. The molecule has 0 aliphatic rings. The maximum absolute atomic E-state index is 12.8. The van der Waals surface area contributed by atoms with Gasteiger partial charge in [-0.15, -0.1) is 0 Å². The number of carbonyl (C=O) groups is 4. The van der Waals surface area contributed by atoms with Gasteiger partial charge in [0.15, 0.2) is 0 Å². The SMILES string of the molecule is CCCCCCCCCCCCOc1ccc(C(=O)Oc2ccc(C(=O)Oc3ccc(C(=O)Oc4cccc(OC(=O)c5ccc(O)cc5)c4)cc3)cc2)cc1. The maximum Gasteiger partial charge on any atom is 0.343 e. The Morgan fingerprint density at radius 1 is 0.411 bits per heavy atom. The first kappa shape index (κ1) is 40.8. The molecule has 0 aromatic heterocycles. The second kappa shape index (κ2) is 21.5. The van der Waals surface area contributed by atoms with Crippen LogP contribution in [0.1, 0.15) is 113 Å². The largest absolute Gasteiger partial charge is 0.508 e. The number of unbranched alkanes of at least 4 members (excludes halogenated alkanes) is 9. The van der Waals surface area contributed by atoms with Gasteiger partial charge in [0.2, 0.25) is 0 Å². The van der Waals surface area contributed by atoms with E-state index in [2.05, 4.69) is 6.92 Å². The number of ether oxygens (including phenoxy) is 5. The molecule has 0 saturated carbocycles. The van der Waals surface area contributed by atoms with E-state index < -0.39 is 23.9 Å². The molecule has 0 aliphatic heterocycles. The van der Waals surface area contributed by atoms with E-state index in [1.54, 1.807) is 30.3 Å². The van der Waals surface area contributed by atoms with Gasteiger partial charge in [-0.25, -0.2) is 19.2 Å². The normalized spacial score (nSPS) is 10.7. The quantitative estimate of drug-likeness (QED) is 0.0464. The number of hydrogen-bond acceptors (Lipinski definition) is 10. The summed E-state index contributed by atoms with van der Waals surface area (Å²) in [6, 6.07) is 30.2. The van der Waals surface area contributed by atoms with Crippen molar-refractivity contribution < 1.29 is 48.0 Å². The van der Waals surface area contributed by atoms with Crippen molar-refractivity contribution in [3.63, 3.8) is 0 Å². The molecule has 10 nitrogen and oxygen atoms in total. The molecule has 0 heterocycles. The summed E-state index contributed by atoms with van der Waals surface area (Å²) in [7, 11) is 0. The Kier molecular flexibility index (Phi) is 15.6. The van der Waals surface area contributed by atoms with Gasteiger partial charge < -0.3 is 28.8 Å². The third-order valence-electron chi connectivity index (χ3n) is 8.79. The highest BCUT2D eigenvalue weighted by Crippen LogP contribution is 2.24. The van der Waals surface area contributed by atoms with Crippen molar-refractivity contribution in [1.29, 1.82) is 0 Å². The highest BCUT2D eigenvalue weighted by molar-refractivity contribution is 5.94. The van der Waals surface area contributed by atoms with Gasteiger partial charge in [-0.2, -0.15) is 0 Å². The molecule has 0 saturated heterocycles. The number of phenols is 1. The predicted molar refractivity (Wildman–Crippen MR) is 211 cm³/mol. The van der Waals surface area contributed by atoms with Crippen molar-refractivity contribution in [3.05, 3.63) is 144 Å². The van der Waals surface area contributed by atoms with Gasteiger partial charge in [0.1, 0.15) is 34.5 Å². The molecule has 0 atom stereocenters. The van der Waals surface area contributed by atoms with Crippen molar-refractivity contribution in [2.75, 3.05) is 6.61 Å². The fourth-order valence-electron chi connectivity index (χ4n) is 5.65. The van der Waals surface area contributed by atoms with Crippen molar-refractivity contribution in [3.8, 4) is 34.5 Å². The van der Waals surface area contributed by atoms with E-state index in [1.165, 1.54) is 142 Å². The Morgan fingerprint density at radius 3 is 1.16 bits per heavy atom. The number of benzene rings is 5. The molecule has 0 fully saturated rings. The van der Waals surface area contributed by atoms with E-state index in [1.807, 2.05) is 0 Å². The van der Waals surface area contributed by atoms with Crippen LogP contribution in [0.3, 0.4) is 0 Å². The zero-order valence-corrected chi connectivity index (χ0v) is 31.4. The summed E-state index contributed by atoms with van der Waals surface area (Å²) in [4.78, 5) is 50.7. The molecule has 5 aromatic carbocycles. The maximum atomic E-state index is 12.8. The van der Waals surface area contributed by atoms with Crippen LogP contribution in [0.5, 0.6) is 34.5 Å². The average molecular weight is 759 g/mol. The average Bonchev–Trinajstić information content (AvgIpc) is 3.21. The van der Waals surface area contributed by atoms with E-state index in [9.17, 15) is 24.3 Å². The topological polar surface area (TPSA) is 135 Å². The third kappa shape index (κ3) is 13.2. The summed E-state index contributed by atoms with van der Waals surface area (Å²) in [5.41, 5.74) is 1.02. The van der Waals surface area contributed by atoms with E-state index in [4.69, 9.17) is 23.7 Å². The van der Waals surface area contributed by atoms with Gasteiger partial charge in [0.25, 0.3) is 0 Å². The van der Waals surface area contributed by atoms with Crippen LogP contribution in [-0.4, -0.2) is 35.6 Å². The fraction of sp³-hybridized carbons (Fsp3) is 0.261.